The Hall–Kier alpha value is 0.137. The van der Waals surface area contributed by atoms with Crippen LogP contribution in [0.1, 0.15) is 66.2 Å². The van der Waals surface area contributed by atoms with Gasteiger partial charge in [-0.05, 0) is 75.0 Å². The average molecular weight is 309 g/mol. The molecule has 4 rings (SSSR count). The summed E-state index contributed by atoms with van der Waals surface area (Å²) >= 11 is 0. The molecule has 4 fully saturated rings. The predicted molar refractivity (Wildman–Crippen MR) is 87.4 cm³/mol. The maximum atomic E-state index is 6.58. The first kappa shape index (κ1) is 14.7. The van der Waals surface area contributed by atoms with Crippen LogP contribution in [0.15, 0.2) is 0 Å². The van der Waals surface area contributed by atoms with Crippen LogP contribution in [-0.2, 0) is 8.85 Å². The summed E-state index contributed by atoms with van der Waals surface area (Å²) in [6, 6.07) is 0. The second-order valence-electron chi connectivity index (χ2n) is 8.66. The lowest BCUT2D eigenvalue weighted by atomic mass is 10.0. The van der Waals surface area contributed by atoms with Crippen molar-refractivity contribution in [1.82, 2.24) is 0 Å². The van der Waals surface area contributed by atoms with Crippen molar-refractivity contribution < 1.29 is 8.85 Å². The maximum absolute atomic E-state index is 6.58. The van der Waals surface area contributed by atoms with Crippen LogP contribution < -0.4 is 0 Å². The van der Waals surface area contributed by atoms with Gasteiger partial charge in [0.05, 0.1) is 0 Å². The summed E-state index contributed by atoms with van der Waals surface area (Å²) in [5.74, 6) is 1.97. The van der Waals surface area contributed by atoms with Crippen LogP contribution in [0.5, 0.6) is 0 Å². The van der Waals surface area contributed by atoms with Gasteiger partial charge in [0, 0.05) is 24.3 Å². The predicted octanol–water partition coefficient (Wildman–Crippen LogP) is 4.88. The van der Waals surface area contributed by atoms with Crippen LogP contribution in [0, 0.1) is 22.7 Å². The van der Waals surface area contributed by atoms with E-state index in [0.29, 0.717) is 10.8 Å². The summed E-state index contributed by atoms with van der Waals surface area (Å²) in [7, 11) is -2.04. The Morgan fingerprint density at radius 3 is 1.48 bits per heavy atom. The maximum Gasteiger partial charge on any atom is 0.345 e. The summed E-state index contributed by atoms with van der Waals surface area (Å²) < 4.78 is 13.2. The zero-order chi connectivity index (χ0) is 14.9. The van der Waals surface area contributed by atoms with E-state index >= 15 is 0 Å². The lowest BCUT2D eigenvalue weighted by Crippen LogP contribution is -2.46. The highest BCUT2D eigenvalue weighted by atomic mass is 28.4. The van der Waals surface area contributed by atoms with Gasteiger partial charge in [-0.3, -0.25) is 0 Å². The smallest absolute Gasteiger partial charge is 0.345 e. The molecule has 0 N–H and O–H groups in total. The first-order chi connectivity index (χ1) is 10.0. The van der Waals surface area contributed by atoms with Crippen molar-refractivity contribution in [2.75, 3.05) is 13.2 Å². The van der Waals surface area contributed by atoms with Crippen LogP contribution in [0.25, 0.3) is 0 Å². The molecule has 0 aromatic carbocycles. The number of hydrogen-bond acceptors (Lipinski definition) is 2. The molecular weight excluding hydrogens is 276 g/mol. The molecule has 4 saturated carbocycles. The fourth-order valence-electron chi connectivity index (χ4n) is 5.49. The van der Waals surface area contributed by atoms with E-state index in [2.05, 4.69) is 27.7 Å². The monoisotopic (exact) mass is 308 g/mol. The molecule has 4 aliphatic carbocycles. The molecule has 0 heterocycles. The normalized spacial score (nSPS) is 45.7. The zero-order valence-corrected chi connectivity index (χ0v) is 15.3. The minimum Gasteiger partial charge on any atom is -0.394 e. The standard InChI is InChI=1S/C18H32O2Si/c1-5-19-21(20-6-2,15-11-17(15,3)13-7-8-13)16-12-18(16,4)14-9-10-14/h13-16H,5-12H2,1-4H3. The number of rotatable bonds is 8. The summed E-state index contributed by atoms with van der Waals surface area (Å²) in [5, 5.41) is 0. The Bertz CT molecular complexity index is 391. The molecule has 4 atom stereocenters. The van der Waals surface area contributed by atoms with Gasteiger partial charge in [0.2, 0.25) is 0 Å². The fourth-order valence-corrected chi connectivity index (χ4v) is 11.5. The molecule has 0 amide bonds. The van der Waals surface area contributed by atoms with Gasteiger partial charge in [-0.2, -0.15) is 0 Å². The third-order valence-electron chi connectivity index (χ3n) is 7.29. The van der Waals surface area contributed by atoms with Crippen molar-refractivity contribution >= 4 is 8.56 Å². The van der Waals surface area contributed by atoms with Crippen LogP contribution in [0.3, 0.4) is 0 Å². The molecule has 0 bridgehead atoms. The first-order valence-corrected chi connectivity index (χ1v) is 11.3. The van der Waals surface area contributed by atoms with E-state index in [1.54, 1.807) is 0 Å². The third kappa shape index (κ3) is 2.10. The molecule has 21 heavy (non-hydrogen) atoms. The molecular formula is C18H32O2Si. The molecule has 0 aliphatic heterocycles. The Kier molecular flexibility index (Phi) is 3.21. The molecule has 120 valence electrons. The van der Waals surface area contributed by atoms with Crippen LogP contribution in [0.4, 0.5) is 0 Å². The Labute approximate surface area is 131 Å². The van der Waals surface area contributed by atoms with Crippen molar-refractivity contribution in [3.63, 3.8) is 0 Å². The van der Waals surface area contributed by atoms with Crippen molar-refractivity contribution in [2.24, 2.45) is 22.7 Å². The van der Waals surface area contributed by atoms with Crippen LogP contribution in [-0.4, -0.2) is 21.8 Å². The molecule has 0 saturated heterocycles. The molecule has 0 spiro atoms. The van der Waals surface area contributed by atoms with Gasteiger partial charge in [-0.1, -0.05) is 13.8 Å². The summed E-state index contributed by atoms with van der Waals surface area (Å²) in [5.41, 5.74) is 2.71. The zero-order valence-electron chi connectivity index (χ0n) is 14.3. The van der Waals surface area contributed by atoms with Crippen molar-refractivity contribution in [3.8, 4) is 0 Å². The van der Waals surface area contributed by atoms with Gasteiger partial charge < -0.3 is 8.85 Å². The van der Waals surface area contributed by atoms with Gasteiger partial charge in [0.15, 0.2) is 0 Å². The lowest BCUT2D eigenvalue weighted by Gasteiger charge is -2.34. The quantitative estimate of drug-likeness (QED) is 0.595. The van der Waals surface area contributed by atoms with E-state index in [9.17, 15) is 0 Å². The summed E-state index contributed by atoms with van der Waals surface area (Å²) in [4.78, 5) is 0. The van der Waals surface area contributed by atoms with Gasteiger partial charge >= 0.3 is 8.56 Å². The molecule has 2 nitrogen and oxygen atoms in total. The van der Waals surface area contributed by atoms with E-state index in [1.807, 2.05) is 0 Å². The molecule has 4 aliphatic rings. The highest BCUT2D eigenvalue weighted by Crippen LogP contribution is 2.80. The number of hydrogen-bond donors (Lipinski definition) is 0. The molecule has 0 aromatic heterocycles. The Morgan fingerprint density at radius 2 is 1.19 bits per heavy atom. The summed E-state index contributed by atoms with van der Waals surface area (Å²) in [6.07, 6.45) is 8.61. The largest absolute Gasteiger partial charge is 0.394 e. The topological polar surface area (TPSA) is 18.5 Å². The van der Waals surface area contributed by atoms with E-state index in [1.165, 1.54) is 38.5 Å². The van der Waals surface area contributed by atoms with Gasteiger partial charge in [0.25, 0.3) is 0 Å². The van der Waals surface area contributed by atoms with E-state index < -0.39 is 8.56 Å². The minimum atomic E-state index is -2.04. The molecule has 0 aromatic rings. The second-order valence-corrected chi connectivity index (χ2v) is 12.1. The highest BCUT2D eigenvalue weighted by molar-refractivity contribution is 6.72. The Morgan fingerprint density at radius 1 is 0.810 bits per heavy atom. The minimum absolute atomic E-state index is 0.573. The molecule has 0 radical (unpaired) electrons. The fraction of sp³-hybridized carbons (Fsp3) is 1.00. The van der Waals surface area contributed by atoms with Crippen LogP contribution in [0.2, 0.25) is 11.1 Å². The first-order valence-electron chi connectivity index (χ1n) is 9.29. The van der Waals surface area contributed by atoms with E-state index in [-0.39, 0.29) is 0 Å². The third-order valence-corrected chi connectivity index (χ3v) is 12.4. The Balaban J connectivity index is 1.59. The van der Waals surface area contributed by atoms with Crippen molar-refractivity contribution in [3.05, 3.63) is 0 Å². The molecule has 3 heteroatoms. The van der Waals surface area contributed by atoms with E-state index in [4.69, 9.17) is 8.85 Å². The van der Waals surface area contributed by atoms with Crippen molar-refractivity contribution in [1.29, 1.82) is 0 Å². The second kappa shape index (κ2) is 4.58. The van der Waals surface area contributed by atoms with Crippen LogP contribution >= 0.6 is 0 Å². The van der Waals surface area contributed by atoms with Gasteiger partial charge in [0.1, 0.15) is 0 Å². The van der Waals surface area contributed by atoms with Gasteiger partial charge in [-0.15, -0.1) is 0 Å². The molecule has 4 unspecified atom stereocenters. The highest BCUT2D eigenvalue weighted by Gasteiger charge is 2.78. The van der Waals surface area contributed by atoms with Gasteiger partial charge in [-0.25, -0.2) is 0 Å². The lowest BCUT2D eigenvalue weighted by molar-refractivity contribution is 0.169. The summed E-state index contributed by atoms with van der Waals surface area (Å²) in [6.45, 7) is 11.1. The van der Waals surface area contributed by atoms with E-state index in [0.717, 1.165) is 36.1 Å². The average Bonchev–Trinajstić information content (AvgIpc) is 3.30. The van der Waals surface area contributed by atoms with Crippen molar-refractivity contribution in [2.45, 2.75) is 77.3 Å². The SMILES string of the molecule is CCO[Si](OCC)(C1CC1(C)C1CC1)C1CC1(C)C1CC1.